The number of rotatable bonds is 5. The van der Waals surface area contributed by atoms with Gasteiger partial charge in [0.1, 0.15) is 11.5 Å². The molecule has 0 saturated carbocycles. The average molecular weight is 493 g/mol. The summed E-state index contributed by atoms with van der Waals surface area (Å²) in [6.45, 7) is 7.76. The Bertz CT molecular complexity index is 1560. The monoisotopic (exact) mass is 492 g/mol. The van der Waals surface area contributed by atoms with Gasteiger partial charge in [-0.2, -0.15) is 5.10 Å². The molecule has 9 heteroatoms. The van der Waals surface area contributed by atoms with E-state index in [-0.39, 0.29) is 5.91 Å². The second kappa shape index (κ2) is 9.51. The van der Waals surface area contributed by atoms with Crippen molar-refractivity contribution in [1.82, 2.24) is 29.5 Å². The zero-order valence-electron chi connectivity index (χ0n) is 20.8. The Morgan fingerprint density at radius 3 is 2.49 bits per heavy atom. The van der Waals surface area contributed by atoms with Gasteiger partial charge in [0.15, 0.2) is 5.65 Å². The van der Waals surface area contributed by atoms with E-state index in [0.717, 1.165) is 65.9 Å². The standard InChI is InChI=1S/C28H28N8O/c1-19-7-8-20(2)36(19)26-10-9-21(17-30-26)22-18-31-35-14-11-24(32-27(22)35)28(37)33-23-5-3-4-6-25(23)34-15-12-29-13-16-34/h3-11,14,17-18,29H,12-13,15-16H2,1-2H3,(H,33,37). The molecule has 1 aliphatic rings. The van der Waals surface area contributed by atoms with E-state index in [9.17, 15) is 4.79 Å². The van der Waals surface area contributed by atoms with Gasteiger partial charge in [-0.15, -0.1) is 0 Å². The first-order valence-electron chi connectivity index (χ1n) is 12.4. The summed E-state index contributed by atoms with van der Waals surface area (Å²) in [6.07, 6.45) is 5.34. The van der Waals surface area contributed by atoms with Crippen LogP contribution in [-0.4, -0.2) is 56.2 Å². The van der Waals surface area contributed by atoms with Crippen molar-refractivity contribution in [2.45, 2.75) is 13.8 Å². The lowest BCUT2D eigenvalue weighted by Gasteiger charge is -2.31. The van der Waals surface area contributed by atoms with Crippen molar-refractivity contribution in [1.29, 1.82) is 0 Å². The molecule has 2 N–H and O–H groups in total. The number of anilines is 2. The predicted octanol–water partition coefficient (Wildman–Crippen LogP) is 3.86. The molecule has 1 aromatic carbocycles. The SMILES string of the molecule is Cc1ccc(C)n1-c1ccc(-c2cnn3ccc(C(=O)Nc4ccccc4N4CCNCC4)nc23)cn1. The summed E-state index contributed by atoms with van der Waals surface area (Å²) in [4.78, 5) is 24.9. The maximum atomic E-state index is 13.3. The van der Waals surface area contributed by atoms with Crippen molar-refractivity contribution in [3.63, 3.8) is 0 Å². The molecule has 5 heterocycles. The lowest BCUT2D eigenvalue weighted by molar-refractivity contribution is 0.102. The zero-order valence-corrected chi connectivity index (χ0v) is 20.8. The molecule has 1 fully saturated rings. The van der Waals surface area contributed by atoms with Crippen LogP contribution in [0.2, 0.25) is 0 Å². The third-order valence-electron chi connectivity index (χ3n) is 6.77. The van der Waals surface area contributed by atoms with Gasteiger partial charge >= 0.3 is 0 Å². The molecule has 5 aromatic rings. The van der Waals surface area contributed by atoms with Gasteiger partial charge in [-0.3, -0.25) is 4.79 Å². The molecule has 0 radical (unpaired) electrons. The van der Waals surface area contributed by atoms with E-state index in [1.165, 1.54) is 0 Å². The topological polar surface area (TPSA) is 92.4 Å². The third-order valence-corrected chi connectivity index (χ3v) is 6.77. The van der Waals surface area contributed by atoms with Crippen LogP contribution in [0.5, 0.6) is 0 Å². The lowest BCUT2D eigenvalue weighted by atomic mass is 10.1. The molecule has 0 bridgehead atoms. The Balaban J connectivity index is 1.28. The van der Waals surface area contributed by atoms with Gasteiger partial charge in [-0.05, 0) is 56.3 Å². The van der Waals surface area contributed by atoms with Gasteiger partial charge in [-0.25, -0.2) is 14.5 Å². The molecule has 37 heavy (non-hydrogen) atoms. The first kappa shape index (κ1) is 22.9. The highest BCUT2D eigenvalue weighted by atomic mass is 16.1. The van der Waals surface area contributed by atoms with E-state index in [1.54, 1.807) is 23.0 Å². The molecule has 9 nitrogen and oxygen atoms in total. The molecular weight excluding hydrogens is 464 g/mol. The number of aromatic nitrogens is 5. The summed E-state index contributed by atoms with van der Waals surface area (Å²) in [7, 11) is 0. The normalized spacial score (nSPS) is 13.7. The first-order chi connectivity index (χ1) is 18.1. The van der Waals surface area contributed by atoms with Gasteiger partial charge in [0.2, 0.25) is 0 Å². The number of amides is 1. The molecule has 4 aromatic heterocycles. The van der Waals surface area contributed by atoms with E-state index in [1.807, 2.05) is 42.6 Å². The summed E-state index contributed by atoms with van der Waals surface area (Å²) in [5.74, 6) is 0.598. The number of carbonyl (C=O) groups is 1. The smallest absolute Gasteiger partial charge is 0.274 e. The Labute approximate surface area is 214 Å². The van der Waals surface area contributed by atoms with Crippen molar-refractivity contribution >= 4 is 22.9 Å². The average Bonchev–Trinajstić information content (AvgIpc) is 3.51. The number of carbonyl (C=O) groups excluding carboxylic acids is 1. The highest BCUT2D eigenvalue weighted by Crippen LogP contribution is 2.27. The van der Waals surface area contributed by atoms with Crippen LogP contribution in [0.15, 0.2) is 73.2 Å². The summed E-state index contributed by atoms with van der Waals surface area (Å²) < 4.78 is 3.79. The molecule has 0 aliphatic carbocycles. The number of nitrogens with zero attached hydrogens (tertiary/aromatic N) is 6. The number of benzene rings is 1. The summed E-state index contributed by atoms with van der Waals surface area (Å²) in [5, 5.41) is 10.9. The van der Waals surface area contributed by atoms with Crippen molar-refractivity contribution in [2.24, 2.45) is 0 Å². The lowest BCUT2D eigenvalue weighted by Crippen LogP contribution is -2.43. The van der Waals surface area contributed by atoms with Crippen LogP contribution < -0.4 is 15.5 Å². The van der Waals surface area contributed by atoms with Crippen LogP contribution in [0.4, 0.5) is 11.4 Å². The number of hydrogen-bond acceptors (Lipinski definition) is 6. The van der Waals surface area contributed by atoms with E-state index >= 15 is 0 Å². The van der Waals surface area contributed by atoms with Gasteiger partial charge in [0.25, 0.3) is 5.91 Å². The van der Waals surface area contributed by atoms with Crippen molar-refractivity contribution in [3.05, 3.63) is 90.3 Å². The van der Waals surface area contributed by atoms with Gasteiger partial charge in [-0.1, -0.05) is 12.1 Å². The maximum absolute atomic E-state index is 13.3. The fraction of sp³-hybridized carbons (Fsp3) is 0.214. The molecule has 1 aliphatic heterocycles. The summed E-state index contributed by atoms with van der Waals surface area (Å²) in [5.41, 5.74) is 6.68. The molecule has 6 rings (SSSR count). The summed E-state index contributed by atoms with van der Waals surface area (Å²) >= 11 is 0. The third kappa shape index (κ3) is 4.34. The second-order valence-corrected chi connectivity index (χ2v) is 9.20. The number of fused-ring (bicyclic) bond motifs is 1. The summed E-state index contributed by atoms with van der Waals surface area (Å²) in [6, 6.07) is 17.7. The minimum absolute atomic E-state index is 0.260. The van der Waals surface area contributed by atoms with Crippen molar-refractivity contribution in [2.75, 3.05) is 36.4 Å². The molecule has 0 unspecified atom stereocenters. The van der Waals surface area contributed by atoms with Crippen LogP contribution >= 0.6 is 0 Å². The van der Waals surface area contributed by atoms with Crippen LogP contribution in [0.1, 0.15) is 21.9 Å². The molecule has 0 atom stereocenters. The number of piperazine rings is 1. The van der Waals surface area contributed by atoms with Gasteiger partial charge < -0.3 is 20.1 Å². The minimum atomic E-state index is -0.260. The number of nitrogens with one attached hydrogen (secondary N) is 2. The second-order valence-electron chi connectivity index (χ2n) is 9.20. The van der Waals surface area contributed by atoms with Crippen LogP contribution in [0.3, 0.4) is 0 Å². The zero-order chi connectivity index (χ0) is 25.4. The van der Waals surface area contributed by atoms with Crippen molar-refractivity contribution < 1.29 is 4.79 Å². The van der Waals surface area contributed by atoms with E-state index in [4.69, 9.17) is 0 Å². The minimum Gasteiger partial charge on any atom is -0.367 e. The molecular formula is C28H28N8O. The highest BCUT2D eigenvalue weighted by molar-refractivity contribution is 6.05. The number of aryl methyl sites for hydroxylation is 2. The quantitative estimate of drug-likeness (QED) is 0.387. The van der Waals surface area contributed by atoms with Crippen LogP contribution in [-0.2, 0) is 0 Å². The number of pyridine rings is 1. The first-order valence-corrected chi connectivity index (χ1v) is 12.4. The van der Waals surface area contributed by atoms with Gasteiger partial charge in [0.05, 0.1) is 17.6 Å². The van der Waals surface area contributed by atoms with E-state index in [0.29, 0.717) is 11.3 Å². The molecule has 186 valence electrons. The van der Waals surface area contributed by atoms with E-state index in [2.05, 4.69) is 61.1 Å². The Kier molecular flexibility index (Phi) is 5.90. The highest BCUT2D eigenvalue weighted by Gasteiger charge is 2.18. The van der Waals surface area contributed by atoms with Crippen molar-refractivity contribution in [3.8, 4) is 16.9 Å². The largest absolute Gasteiger partial charge is 0.367 e. The van der Waals surface area contributed by atoms with Gasteiger partial charge in [0, 0.05) is 61.1 Å². The van der Waals surface area contributed by atoms with Crippen LogP contribution in [0.25, 0.3) is 22.6 Å². The Morgan fingerprint density at radius 2 is 1.73 bits per heavy atom. The molecule has 0 spiro atoms. The van der Waals surface area contributed by atoms with Crippen LogP contribution in [0, 0.1) is 13.8 Å². The number of para-hydroxylation sites is 2. The fourth-order valence-corrected chi connectivity index (χ4v) is 4.85. The maximum Gasteiger partial charge on any atom is 0.274 e. The Morgan fingerprint density at radius 1 is 0.946 bits per heavy atom. The predicted molar refractivity (Wildman–Crippen MR) is 144 cm³/mol. The fourth-order valence-electron chi connectivity index (χ4n) is 4.85. The number of hydrogen-bond donors (Lipinski definition) is 2. The van der Waals surface area contributed by atoms with E-state index < -0.39 is 0 Å². The molecule has 1 amide bonds. The Hall–Kier alpha value is -4.50. The molecule has 1 saturated heterocycles.